The van der Waals surface area contributed by atoms with E-state index in [0.29, 0.717) is 22.2 Å². The van der Waals surface area contributed by atoms with Gasteiger partial charge in [0.05, 0.1) is 21.2 Å². The molecule has 30 heavy (non-hydrogen) atoms. The lowest BCUT2D eigenvalue weighted by molar-refractivity contribution is -0.384. The molecule has 1 aromatic carbocycles. The number of nitrogens with one attached hydrogen (secondary N) is 1. The summed E-state index contributed by atoms with van der Waals surface area (Å²) in [5.74, 6) is -0.957. The number of nitro groups is 1. The zero-order valence-corrected chi connectivity index (χ0v) is 16.9. The Balaban J connectivity index is 1.78. The standard InChI is InChI=1S/C18H13F3N4O3S2/c1-10-4-5-11(13(7-10)25(27)28)22-16(26)9-30-17-23-12(14-3-2-6-29-14)8-15(24-17)18(19,20)21/h2-8H,9H2,1H3,(H,22,26). The highest BCUT2D eigenvalue weighted by molar-refractivity contribution is 7.99. The average molecular weight is 454 g/mol. The first-order valence-electron chi connectivity index (χ1n) is 8.31. The van der Waals surface area contributed by atoms with Crippen LogP contribution in [0.1, 0.15) is 11.3 Å². The number of amides is 1. The summed E-state index contributed by atoms with van der Waals surface area (Å²) in [5.41, 5.74) is -0.640. The molecule has 1 amide bonds. The van der Waals surface area contributed by atoms with E-state index in [1.54, 1.807) is 30.5 Å². The van der Waals surface area contributed by atoms with Gasteiger partial charge in [-0.15, -0.1) is 11.3 Å². The molecule has 0 radical (unpaired) electrons. The van der Waals surface area contributed by atoms with Crippen LogP contribution in [-0.2, 0) is 11.0 Å². The second-order valence-corrected chi connectivity index (χ2v) is 7.90. The number of thiophene rings is 1. The van der Waals surface area contributed by atoms with Gasteiger partial charge in [-0.3, -0.25) is 14.9 Å². The molecule has 0 unspecified atom stereocenters. The topological polar surface area (TPSA) is 98.0 Å². The van der Waals surface area contributed by atoms with Crippen molar-refractivity contribution in [3.05, 3.63) is 63.1 Å². The van der Waals surface area contributed by atoms with Gasteiger partial charge < -0.3 is 5.32 Å². The molecule has 0 aliphatic carbocycles. The highest BCUT2D eigenvalue weighted by atomic mass is 32.2. The molecule has 0 fully saturated rings. The van der Waals surface area contributed by atoms with Gasteiger partial charge in [-0.25, -0.2) is 9.97 Å². The summed E-state index contributed by atoms with van der Waals surface area (Å²) >= 11 is 1.93. The van der Waals surface area contributed by atoms with Gasteiger partial charge in [-0.05, 0) is 36.1 Å². The molecule has 0 saturated carbocycles. The van der Waals surface area contributed by atoms with E-state index >= 15 is 0 Å². The number of aromatic nitrogens is 2. The summed E-state index contributed by atoms with van der Waals surface area (Å²) in [6.07, 6.45) is -4.67. The highest BCUT2D eigenvalue weighted by Gasteiger charge is 2.34. The van der Waals surface area contributed by atoms with Crippen molar-refractivity contribution in [1.29, 1.82) is 0 Å². The van der Waals surface area contributed by atoms with Crippen LogP contribution in [-0.4, -0.2) is 26.6 Å². The third-order valence-corrected chi connectivity index (χ3v) is 5.47. The lowest BCUT2D eigenvalue weighted by atomic mass is 10.2. The molecule has 0 aliphatic rings. The molecule has 2 heterocycles. The molecule has 0 aliphatic heterocycles. The Morgan fingerprint density at radius 2 is 2.03 bits per heavy atom. The number of nitro benzene ring substituents is 1. The van der Waals surface area contributed by atoms with Crippen molar-refractivity contribution in [1.82, 2.24) is 9.97 Å². The molecule has 7 nitrogen and oxygen atoms in total. The fraction of sp³-hybridized carbons (Fsp3) is 0.167. The lowest BCUT2D eigenvalue weighted by Gasteiger charge is -2.10. The smallest absolute Gasteiger partial charge is 0.320 e. The number of benzene rings is 1. The van der Waals surface area contributed by atoms with Crippen molar-refractivity contribution in [2.24, 2.45) is 0 Å². The van der Waals surface area contributed by atoms with Crippen LogP contribution in [0.25, 0.3) is 10.6 Å². The molecular weight excluding hydrogens is 441 g/mol. The summed E-state index contributed by atoms with van der Waals surface area (Å²) in [6, 6.07) is 8.47. The van der Waals surface area contributed by atoms with Crippen LogP contribution < -0.4 is 5.32 Å². The van der Waals surface area contributed by atoms with Crippen molar-refractivity contribution in [2.75, 3.05) is 11.1 Å². The van der Waals surface area contributed by atoms with Crippen LogP contribution in [0.15, 0.2) is 46.9 Å². The maximum absolute atomic E-state index is 13.2. The maximum Gasteiger partial charge on any atom is 0.433 e. The Bertz CT molecular complexity index is 1090. The summed E-state index contributed by atoms with van der Waals surface area (Å²) in [6.45, 7) is 1.67. The highest BCUT2D eigenvalue weighted by Crippen LogP contribution is 2.33. The number of carbonyl (C=O) groups excluding carboxylic acids is 1. The SMILES string of the molecule is Cc1ccc(NC(=O)CSc2nc(-c3cccs3)cc(C(F)(F)F)n2)c([N+](=O)[O-])c1. The molecule has 0 atom stereocenters. The predicted molar refractivity (Wildman–Crippen MR) is 108 cm³/mol. The van der Waals surface area contributed by atoms with Gasteiger partial charge in [-0.2, -0.15) is 13.2 Å². The van der Waals surface area contributed by atoms with Crippen molar-refractivity contribution in [3.8, 4) is 10.6 Å². The number of hydrogen-bond donors (Lipinski definition) is 1. The van der Waals surface area contributed by atoms with Crippen LogP contribution in [0.3, 0.4) is 0 Å². The summed E-state index contributed by atoms with van der Waals surface area (Å²) < 4.78 is 39.6. The first-order valence-corrected chi connectivity index (χ1v) is 10.2. The molecule has 3 rings (SSSR count). The summed E-state index contributed by atoms with van der Waals surface area (Å²) in [4.78, 5) is 30.9. The van der Waals surface area contributed by atoms with Crippen LogP contribution in [0.2, 0.25) is 0 Å². The Hall–Kier alpha value is -2.99. The molecule has 156 valence electrons. The second kappa shape index (κ2) is 8.79. The number of thioether (sulfide) groups is 1. The van der Waals surface area contributed by atoms with Crippen molar-refractivity contribution in [2.45, 2.75) is 18.3 Å². The van der Waals surface area contributed by atoms with E-state index in [0.717, 1.165) is 6.07 Å². The lowest BCUT2D eigenvalue weighted by Crippen LogP contribution is -2.16. The molecule has 3 aromatic rings. The van der Waals surface area contributed by atoms with Gasteiger partial charge in [0.15, 0.2) is 5.16 Å². The number of anilines is 1. The Labute approximate surface area is 176 Å². The fourth-order valence-corrected chi connectivity index (χ4v) is 3.74. The van der Waals surface area contributed by atoms with Crippen molar-refractivity contribution >= 4 is 40.4 Å². The molecule has 0 saturated heterocycles. The van der Waals surface area contributed by atoms with Gasteiger partial charge in [-0.1, -0.05) is 23.9 Å². The molecule has 2 aromatic heterocycles. The largest absolute Gasteiger partial charge is 0.433 e. The van der Waals surface area contributed by atoms with E-state index < -0.39 is 22.7 Å². The van der Waals surface area contributed by atoms with Crippen LogP contribution in [0, 0.1) is 17.0 Å². The number of hydrogen-bond acceptors (Lipinski definition) is 7. The zero-order chi connectivity index (χ0) is 21.9. The second-order valence-electron chi connectivity index (χ2n) is 6.01. The quantitative estimate of drug-likeness (QED) is 0.239. The number of rotatable bonds is 6. The first kappa shape index (κ1) is 21.7. The van der Waals surface area contributed by atoms with Gasteiger partial charge in [0.2, 0.25) is 5.91 Å². The number of carbonyl (C=O) groups is 1. The minimum Gasteiger partial charge on any atom is -0.320 e. The van der Waals surface area contributed by atoms with Crippen LogP contribution in [0.4, 0.5) is 24.5 Å². The normalized spacial score (nSPS) is 11.3. The number of nitrogens with zero attached hydrogens (tertiary/aromatic N) is 3. The Kier molecular flexibility index (Phi) is 6.37. The van der Waals surface area contributed by atoms with Gasteiger partial charge >= 0.3 is 6.18 Å². The molecule has 12 heteroatoms. The third kappa shape index (κ3) is 5.33. The third-order valence-electron chi connectivity index (χ3n) is 3.73. The summed E-state index contributed by atoms with van der Waals surface area (Å²) in [7, 11) is 0. The van der Waals surface area contributed by atoms with E-state index in [-0.39, 0.29) is 28.0 Å². The number of alkyl halides is 3. The minimum atomic E-state index is -4.67. The summed E-state index contributed by atoms with van der Waals surface area (Å²) in [5, 5.41) is 15.0. The number of halogens is 3. The van der Waals surface area contributed by atoms with Crippen molar-refractivity contribution < 1.29 is 22.9 Å². The van der Waals surface area contributed by atoms with E-state index in [9.17, 15) is 28.1 Å². The Morgan fingerprint density at radius 1 is 1.27 bits per heavy atom. The first-order chi connectivity index (χ1) is 14.1. The van der Waals surface area contributed by atoms with E-state index in [1.165, 1.54) is 23.5 Å². The van der Waals surface area contributed by atoms with Crippen LogP contribution >= 0.6 is 23.1 Å². The van der Waals surface area contributed by atoms with Crippen molar-refractivity contribution in [3.63, 3.8) is 0 Å². The van der Waals surface area contributed by atoms with E-state index in [2.05, 4.69) is 15.3 Å². The molecular formula is C18H13F3N4O3S2. The van der Waals surface area contributed by atoms with E-state index in [4.69, 9.17) is 0 Å². The minimum absolute atomic E-state index is 0.000403. The van der Waals surface area contributed by atoms with Gasteiger partial charge in [0.1, 0.15) is 11.4 Å². The monoisotopic (exact) mass is 454 g/mol. The Morgan fingerprint density at radius 3 is 2.67 bits per heavy atom. The number of aryl methyl sites for hydroxylation is 1. The van der Waals surface area contributed by atoms with Crippen LogP contribution in [0.5, 0.6) is 0 Å². The average Bonchev–Trinajstić information content (AvgIpc) is 3.21. The molecule has 0 bridgehead atoms. The molecule has 0 spiro atoms. The maximum atomic E-state index is 13.2. The predicted octanol–water partition coefficient (Wildman–Crippen LogP) is 5.17. The van der Waals surface area contributed by atoms with Gasteiger partial charge in [0, 0.05) is 6.07 Å². The van der Waals surface area contributed by atoms with Gasteiger partial charge in [0.25, 0.3) is 5.69 Å². The molecule has 1 N–H and O–H groups in total. The fourth-order valence-electron chi connectivity index (χ4n) is 2.40. The van der Waals surface area contributed by atoms with E-state index in [1.807, 2.05) is 0 Å². The zero-order valence-electron chi connectivity index (χ0n) is 15.3.